The number of aryl methyl sites for hydroxylation is 1. The number of hydrogen-bond acceptors (Lipinski definition) is 5. The Morgan fingerprint density at radius 3 is 2.90 bits per heavy atom. The van der Waals surface area contributed by atoms with Gasteiger partial charge in [0.2, 0.25) is 0 Å². The highest BCUT2D eigenvalue weighted by Crippen LogP contribution is 2.30. The van der Waals surface area contributed by atoms with Crippen molar-refractivity contribution < 1.29 is 14.3 Å². The molecule has 0 unspecified atom stereocenters. The van der Waals surface area contributed by atoms with Gasteiger partial charge in [0.1, 0.15) is 16.9 Å². The van der Waals surface area contributed by atoms with Gasteiger partial charge in [0.25, 0.3) is 0 Å². The monoisotopic (exact) mass is 300 g/mol. The van der Waals surface area contributed by atoms with Crippen LogP contribution in [0.2, 0.25) is 0 Å². The lowest BCUT2D eigenvalue weighted by molar-refractivity contribution is 0.0697. The van der Waals surface area contributed by atoms with Gasteiger partial charge in [-0.15, -0.1) is 0 Å². The topological polar surface area (TPSA) is 76.2 Å². The van der Waals surface area contributed by atoms with Gasteiger partial charge in [-0.2, -0.15) is 0 Å². The largest absolute Gasteiger partial charge is 0.478 e. The number of benzene rings is 1. The molecule has 6 heteroatoms. The average molecular weight is 300 g/mol. The Morgan fingerprint density at radius 1 is 1.33 bits per heavy atom. The van der Waals surface area contributed by atoms with Crippen molar-refractivity contribution in [2.24, 2.45) is 0 Å². The van der Waals surface area contributed by atoms with Crippen LogP contribution in [-0.4, -0.2) is 21.0 Å². The van der Waals surface area contributed by atoms with Gasteiger partial charge in [0.15, 0.2) is 5.16 Å². The molecule has 0 aliphatic rings. The maximum Gasteiger partial charge on any atom is 0.339 e. The number of carboxylic acids is 1. The van der Waals surface area contributed by atoms with E-state index in [-0.39, 0.29) is 5.56 Å². The van der Waals surface area contributed by atoms with E-state index >= 15 is 0 Å². The Kier molecular flexibility index (Phi) is 3.62. The smallest absolute Gasteiger partial charge is 0.339 e. The second kappa shape index (κ2) is 5.57. The highest BCUT2D eigenvalue weighted by Gasteiger charge is 2.20. The summed E-state index contributed by atoms with van der Waals surface area (Å²) in [6.45, 7) is 1.88. The van der Waals surface area contributed by atoms with Crippen LogP contribution in [0.4, 0.5) is 0 Å². The van der Waals surface area contributed by atoms with E-state index in [4.69, 9.17) is 4.42 Å². The van der Waals surface area contributed by atoms with Gasteiger partial charge in [-0.25, -0.2) is 14.8 Å². The van der Waals surface area contributed by atoms with Gasteiger partial charge >= 0.3 is 5.97 Å². The van der Waals surface area contributed by atoms with Crippen LogP contribution in [0.5, 0.6) is 0 Å². The lowest BCUT2D eigenvalue weighted by atomic mass is 10.1. The number of rotatable bonds is 4. The molecule has 0 atom stereocenters. The van der Waals surface area contributed by atoms with E-state index in [0.29, 0.717) is 27.6 Å². The van der Waals surface area contributed by atoms with Crippen molar-refractivity contribution in [3.63, 3.8) is 0 Å². The van der Waals surface area contributed by atoms with Crippen LogP contribution in [0.1, 0.15) is 21.8 Å². The number of furan rings is 1. The number of hydrogen-bond donors (Lipinski definition) is 1. The zero-order valence-corrected chi connectivity index (χ0v) is 12.1. The summed E-state index contributed by atoms with van der Waals surface area (Å²) in [7, 11) is 0. The number of para-hydroxylation sites is 1. The predicted octanol–water partition coefficient (Wildman–Crippen LogP) is 3.52. The molecule has 21 heavy (non-hydrogen) atoms. The van der Waals surface area contributed by atoms with Crippen LogP contribution in [0.3, 0.4) is 0 Å². The zero-order valence-electron chi connectivity index (χ0n) is 11.2. The fraction of sp³-hybridized carbons (Fsp3) is 0.133. The van der Waals surface area contributed by atoms with Crippen molar-refractivity contribution in [1.82, 2.24) is 9.97 Å². The number of aromatic carboxylic acids is 1. The Morgan fingerprint density at radius 2 is 2.14 bits per heavy atom. The number of fused-ring (bicyclic) bond motifs is 1. The fourth-order valence-electron chi connectivity index (χ4n) is 2.06. The van der Waals surface area contributed by atoms with Gasteiger partial charge in [0.05, 0.1) is 5.75 Å². The molecule has 0 fully saturated rings. The summed E-state index contributed by atoms with van der Waals surface area (Å²) >= 11 is 1.36. The van der Waals surface area contributed by atoms with Gasteiger partial charge in [-0.3, -0.25) is 0 Å². The Bertz CT molecular complexity index is 814. The quantitative estimate of drug-likeness (QED) is 0.587. The minimum absolute atomic E-state index is 0.214. The SMILES string of the molecule is Cc1ccnc(SCc2oc3ccccc3c2C(=O)O)n1. The lowest BCUT2D eigenvalue weighted by Gasteiger charge is -2.00. The molecule has 2 aromatic heterocycles. The molecule has 0 saturated heterocycles. The molecule has 2 heterocycles. The highest BCUT2D eigenvalue weighted by atomic mass is 32.2. The third kappa shape index (κ3) is 2.75. The molecule has 1 N–H and O–H groups in total. The molecule has 0 aliphatic heterocycles. The summed E-state index contributed by atoms with van der Waals surface area (Å²) in [4.78, 5) is 19.9. The fourth-order valence-corrected chi connectivity index (χ4v) is 2.87. The number of aromatic nitrogens is 2. The number of nitrogens with zero attached hydrogens (tertiary/aromatic N) is 2. The minimum Gasteiger partial charge on any atom is -0.478 e. The van der Waals surface area contributed by atoms with Crippen molar-refractivity contribution in [3.05, 3.63) is 53.5 Å². The molecular formula is C15H12N2O3S. The Labute approximate surface area is 125 Å². The van der Waals surface area contributed by atoms with E-state index in [0.717, 1.165) is 5.69 Å². The molecule has 0 saturated carbocycles. The summed E-state index contributed by atoms with van der Waals surface area (Å²) in [6, 6.07) is 8.94. The van der Waals surface area contributed by atoms with Crippen LogP contribution in [0.15, 0.2) is 46.1 Å². The summed E-state index contributed by atoms with van der Waals surface area (Å²) in [6.07, 6.45) is 1.68. The van der Waals surface area contributed by atoms with E-state index < -0.39 is 5.97 Å². The molecule has 0 bridgehead atoms. The molecule has 0 spiro atoms. The van der Waals surface area contributed by atoms with Gasteiger partial charge in [-0.1, -0.05) is 30.0 Å². The van der Waals surface area contributed by atoms with E-state index in [9.17, 15) is 9.90 Å². The third-order valence-electron chi connectivity index (χ3n) is 2.99. The van der Waals surface area contributed by atoms with Crippen LogP contribution in [0.25, 0.3) is 11.0 Å². The molecule has 0 amide bonds. The second-order valence-electron chi connectivity index (χ2n) is 4.47. The first-order valence-corrected chi connectivity index (χ1v) is 7.30. The van der Waals surface area contributed by atoms with Crippen LogP contribution in [-0.2, 0) is 5.75 Å². The summed E-state index contributed by atoms with van der Waals surface area (Å²) < 4.78 is 5.66. The number of thioether (sulfide) groups is 1. The molecule has 0 radical (unpaired) electrons. The normalized spacial score (nSPS) is 10.9. The summed E-state index contributed by atoms with van der Waals surface area (Å²) in [5.74, 6) is -0.181. The number of carbonyl (C=O) groups is 1. The van der Waals surface area contributed by atoms with Gasteiger partial charge < -0.3 is 9.52 Å². The summed E-state index contributed by atoms with van der Waals surface area (Å²) in [5.41, 5.74) is 1.66. The van der Waals surface area contributed by atoms with E-state index in [1.807, 2.05) is 19.1 Å². The maximum absolute atomic E-state index is 11.5. The van der Waals surface area contributed by atoms with Gasteiger partial charge in [-0.05, 0) is 19.1 Å². The molecule has 3 aromatic rings. The molecule has 1 aromatic carbocycles. The minimum atomic E-state index is -0.985. The van der Waals surface area contributed by atoms with Crippen molar-refractivity contribution in [1.29, 1.82) is 0 Å². The van der Waals surface area contributed by atoms with E-state index in [1.54, 1.807) is 24.4 Å². The first-order chi connectivity index (χ1) is 10.1. The third-order valence-corrected chi connectivity index (χ3v) is 3.85. The maximum atomic E-state index is 11.5. The number of carboxylic acid groups (broad SMARTS) is 1. The van der Waals surface area contributed by atoms with Crippen LogP contribution < -0.4 is 0 Å². The van der Waals surface area contributed by atoms with Crippen molar-refractivity contribution in [2.45, 2.75) is 17.8 Å². The molecule has 5 nitrogen and oxygen atoms in total. The highest BCUT2D eigenvalue weighted by molar-refractivity contribution is 7.98. The summed E-state index contributed by atoms with van der Waals surface area (Å²) in [5, 5.41) is 10.6. The van der Waals surface area contributed by atoms with Crippen LogP contribution in [0, 0.1) is 6.92 Å². The van der Waals surface area contributed by atoms with E-state index in [1.165, 1.54) is 11.8 Å². The Hall–Kier alpha value is -2.34. The predicted molar refractivity (Wildman–Crippen MR) is 79.5 cm³/mol. The molecule has 106 valence electrons. The Balaban J connectivity index is 1.93. The van der Waals surface area contributed by atoms with Crippen molar-refractivity contribution in [3.8, 4) is 0 Å². The zero-order chi connectivity index (χ0) is 14.8. The second-order valence-corrected chi connectivity index (χ2v) is 5.41. The van der Waals surface area contributed by atoms with Crippen molar-refractivity contribution in [2.75, 3.05) is 0 Å². The van der Waals surface area contributed by atoms with E-state index in [2.05, 4.69) is 9.97 Å². The molecule has 3 rings (SSSR count). The van der Waals surface area contributed by atoms with Crippen LogP contribution >= 0.6 is 11.8 Å². The molecular weight excluding hydrogens is 288 g/mol. The van der Waals surface area contributed by atoms with Crippen molar-refractivity contribution >= 4 is 28.7 Å². The lowest BCUT2D eigenvalue weighted by Crippen LogP contribution is -1.99. The van der Waals surface area contributed by atoms with Gasteiger partial charge in [0, 0.05) is 17.3 Å². The standard InChI is InChI=1S/C15H12N2O3S/c1-9-6-7-16-15(17-9)21-8-12-13(14(18)19)10-4-2-3-5-11(10)20-12/h2-7H,8H2,1H3,(H,18,19). The first-order valence-electron chi connectivity index (χ1n) is 6.31. The molecule has 0 aliphatic carbocycles. The first kappa shape index (κ1) is 13.6. The average Bonchev–Trinajstić information content (AvgIpc) is 2.83.